The highest BCUT2D eigenvalue weighted by Gasteiger charge is 2.55. The van der Waals surface area contributed by atoms with Crippen molar-refractivity contribution in [1.29, 1.82) is 0 Å². The fraction of sp³-hybridized carbons (Fsp3) is 0.750. The van der Waals surface area contributed by atoms with Gasteiger partial charge in [-0.05, 0) is 75.4 Å². The summed E-state index contributed by atoms with van der Waals surface area (Å²) >= 11 is 0. The smallest absolute Gasteiger partial charge is 0.132 e. The third kappa shape index (κ3) is 2.90. The molecule has 2 heterocycles. The normalized spacial score (nSPS) is 33.9. The number of hydrogen-bond donors (Lipinski definition) is 0. The molecule has 0 aromatic carbocycles. The zero-order valence-electron chi connectivity index (χ0n) is 15.0. The van der Waals surface area contributed by atoms with E-state index in [0.717, 1.165) is 31.1 Å². The first kappa shape index (κ1) is 16.2. The summed E-state index contributed by atoms with van der Waals surface area (Å²) in [5, 5.41) is 0. The summed E-state index contributed by atoms with van der Waals surface area (Å²) < 4.78 is 0. The molecule has 4 rings (SSSR count). The number of likely N-dealkylation sites (tertiary alicyclic amines) is 1. The lowest BCUT2D eigenvalue weighted by atomic mass is 9.49. The van der Waals surface area contributed by atoms with Crippen molar-refractivity contribution in [1.82, 2.24) is 14.9 Å². The first-order valence-corrected chi connectivity index (χ1v) is 9.64. The number of carbonyl (C=O) groups is 1. The Morgan fingerprint density at radius 1 is 1.17 bits per heavy atom. The number of nitrogens with zero attached hydrogens (tertiary/aromatic N) is 3. The highest BCUT2D eigenvalue weighted by Crippen LogP contribution is 2.60. The molecule has 0 amide bonds. The second-order valence-electron chi connectivity index (χ2n) is 8.37. The van der Waals surface area contributed by atoms with E-state index in [1.807, 2.05) is 12.4 Å². The van der Waals surface area contributed by atoms with Crippen molar-refractivity contribution in [2.75, 3.05) is 13.1 Å². The molecule has 2 aliphatic carbocycles. The zero-order chi connectivity index (χ0) is 16.7. The van der Waals surface area contributed by atoms with Crippen molar-refractivity contribution in [3.05, 3.63) is 23.8 Å². The highest BCUT2D eigenvalue weighted by molar-refractivity contribution is 5.79. The van der Waals surface area contributed by atoms with Crippen LogP contribution in [0.25, 0.3) is 0 Å². The average molecular weight is 327 g/mol. The summed E-state index contributed by atoms with van der Waals surface area (Å²) in [4.78, 5) is 23.0. The lowest BCUT2D eigenvalue weighted by Gasteiger charge is -2.60. The van der Waals surface area contributed by atoms with E-state index in [4.69, 9.17) is 0 Å². The fourth-order valence-corrected chi connectivity index (χ4v) is 5.16. The van der Waals surface area contributed by atoms with Gasteiger partial charge in [0.1, 0.15) is 11.6 Å². The Morgan fingerprint density at radius 3 is 2.33 bits per heavy atom. The van der Waals surface area contributed by atoms with Gasteiger partial charge < -0.3 is 4.90 Å². The number of hydrogen-bond acceptors (Lipinski definition) is 4. The highest BCUT2D eigenvalue weighted by atomic mass is 16.1. The Morgan fingerprint density at radius 2 is 1.79 bits per heavy atom. The van der Waals surface area contributed by atoms with Crippen LogP contribution in [0.15, 0.2) is 12.4 Å². The summed E-state index contributed by atoms with van der Waals surface area (Å²) in [5.74, 6) is 2.36. The summed E-state index contributed by atoms with van der Waals surface area (Å²) in [6.07, 6.45) is 12.4. The first-order valence-electron chi connectivity index (χ1n) is 9.64. The van der Waals surface area contributed by atoms with Crippen molar-refractivity contribution in [2.45, 2.75) is 70.8 Å². The average Bonchev–Trinajstić information content (AvgIpc) is 2.53. The van der Waals surface area contributed by atoms with Gasteiger partial charge in [-0.25, -0.2) is 9.97 Å². The number of Topliss-reactive ketones (excluding diaryl/α,β-unsaturated/α-hetero) is 1. The monoisotopic (exact) mass is 327 g/mol. The van der Waals surface area contributed by atoms with Gasteiger partial charge in [0.05, 0.1) is 0 Å². The first-order chi connectivity index (χ1) is 11.6. The number of ketones is 1. The van der Waals surface area contributed by atoms with Crippen LogP contribution in [0.3, 0.4) is 0 Å². The molecule has 0 N–H and O–H groups in total. The Hall–Kier alpha value is -1.29. The van der Waals surface area contributed by atoms with Crippen LogP contribution >= 0.6 is 0 Å². The largest absolute Gasteiger partial charge is 0.300 e. The van der Waals surface area contributed by atoms with Gasteiger partial charge in [0.2, 0.25) is 0 Å². The van der Waals surface area contributed by atoms with Crippen LogP contribution in [0.5, 0.6) is 0 Å². The third-order valence-corrected chi connectivity index (χ3v) is 6.83. The van der Waals surface area contributed by atoms with Gasteiger partial charge in [-0.1, -0.05) is 6.92 Å². The van der Waals surface area contributed by atoms with Crippen LogP contribution in [0.2, 0.25) is 0 Å². The van der Waals surface area contributed by atoms with Gasteiger partial charge in [0, 0.05) is 30.8 Å². The van der Waals surface area contributed by atoms with E-state index in [9.17, 15) is 4.79 Å². The molecule has 0 bridgehead atoms. The summed E-state index contributed by atoms with van der Waals surface area (Å²) in [7, 11) is 0. The number of aryl methyl sites for hydroxylation is 1. The molecule has 3 aliphatic rings. The molecule has 4 heteroatoms. The molecular weight excluding hydrogens is 298 g/mol. The van der Waals surface area contributed by atoms with Gasteiger partial charge >= 0.3 is 0 Å². The molecule has 0 radical (unpaired) electrons. The molecule has 3 fully saturated rings. The van der Waals surface area contributed by atoms with E-state index in [0.29, 0.717) is 23.0 Å². The second-order valence-corrected chi connectivity index (χ2v) is 8.37. The van der Waals surface area contributed by atoms with E-state index in [2.05, 4.69) is 21.8 Å². The standard InChI is InChI=1S/C20H29N3O/c1-3-19-21-12-17(13-22-19)15-4-6-23(7-5-15)18-10-20(11-18)8-16(9-20)14(2)24/h12-13,15-16,18H,3-11H2,1-2H3/t16-,18-,20?. The lowest BCUT2D eigenvalue weighted by Crippen LogP contribution is -2.58. The van der Waals surface area contributed by atoms with Gasteiger partial charge in [-0.15, -0.1) is 0 Å². The minimum absolute atomic E-state index is 0.378. The Balaban J connectivity index is 1.25. The molecule has 4 nitrogen and oxygen atoms in total. The molecule has 1 saturated heterocycles. The van der Waals surface area contributed by atoms with Gasteiger partial charge in [0.15, 0.2) is 0 Å². The molecule has 1 aliphatic heterocycles. The van der Waals surface area contributed by atoms with Crippen molar-refractivity contribution < 1.29 is 4.79 Å². The van der Waals surface area contributed by atoms with E-state index in [1.54, 1.807) is 6.92 Å². The molecule has 1 spiro atoms. The maximum atomic E-state index is 11.4. The Kier molecular flexibility index (Phi) is 4.19. The predicted molar refractivity (Wildman–Crippen MR) is 93.8 cm³/mol. The van der Waals surface area contributed by atoms with Crippen LogP contribution in [0, 0.1) is 11.3 Å². The van der Waals surface area contributed by atoms with Crippen LogP contribution < -0.4 is 0 Å². The van der Waals surface area contributed by atoms with Crippen LogP contribution in [-0.4, -0.2) is 39.8 Å². The number of aromatic nitrogens is 2. The molecule has 24 heavy (non-hydrogen) atoms. The Bertz CT molecular complexity index is 590. The minimum Gasteiger partial charge on any atom is -0.300 e. The van der Waals surface area contributed by atoms with Crippen molar-refractivity contribution in [3.8, 4) is 0 Å². The fourth-order valence-electron chi connectivity index (χ4n) is 5.16. The molecular formula is C20H29N3O. The maximum Gasteiger partial charge on any atom is 0.132 e. The Labute approximate surface area is 145 Å². The number of rotatable bonds is 4. The molecule has 0 atom stereocenters. The minimum atomic E-state index is 0.378. The van der Waals surface area contributed by atoms with Gasteiger partial charge in [0.25, 0.3) is 0 Å². The van der Waals surface area contributed by atoms with Gasteiger partial charge in [-0.2, -0.15) is 0 Å². The molecule has 130 valence electrons. The second kappa shape index (κ2) is 6.21. The molecule has 0 unspecified atom stereocenters. The molecule has 2 saturated carbocycles. The summed E-state index contributed by atoms with van der Waals surface area (Å²) in [5.41, 5.74) is 1.86. The molecule has 1 aromatic rings. The zero-order valence-corrected chi connectivity index (χ0v) is 15.0. The van der Waals surface area contributed by atoms with Crippen molar-refractivity contribution >= 4 is 5.78 Å². The van der Waals surface area contributed by atoms with Crippen molar-refractivity contribution in [3.63, 3.8) is 0 Å². The quantitative estimate of drug-likeness (QED) is 0.850. The number of carbonyl (C=O) groups excluding carboxylic acids is 1. The summed E-state index contributed by atoms with van der Waals surface area (Å²) in [6, 6.07) is 0.776. The SMILES string of the molecule is CCc1ncc(C2CCN([C@H]3CC4(C[C@H](C(C)=O)C4)C3)CC2)cn1. The third-order valence-electron chi connectivity index (χ3n) is 6.83. The maximum absolute atomic E-state index is 11.4. The van der Waals surface area contributed by atoms with E-state index >= 15 is 0 Å². The van der Waals surface area contributed by atoms with E-state index in [1.165, 1.54) is 44.3 Å². The van der Waals surface area contributed by atoms with Gasteiger partial charge in [-0.3, -0.25) is 4.79 Å². The number of piperidine rings is 1. The van der Waals surface area contributed by atoms with E-state index in [-0.39, 0.29) is 0 Å². The lowest BCUT2D eigenvalue weighted by molar-refractivity contribution is -0.139. The van der Waals surface area contributed by atoms with Crippen LogP contribution in [-0.2, 0) is 11.2 Å². The van der Waals surface area contributed by atoms with E-state index < -0.39 is 0 Å². The predicted octanol–water partition coefficient (Wildman–Crippen LogP) is 3.37. The summed E-state index contributed by atoms with van der Waals surface area (Å²) in [6.45, 7) is 6.27. The van der Waals surface area contributed by atoms with Crippen molar-refractivity contribution in [2.24, 2.45) is 11.3 Å². The topological polar surface area (TPSA) is 46.1 Å². The van der Waals surface area contributed by atoms with Crippen LogP contribution in [0.1, 0.15) is 69.7 Å². The molecule has 1 aromatic heterocycles. The van der Waals surface area contributed by atoms with Crippen LogP contribution in [0.4, 0.5) is 0 Å².